The molecule has 0 aliphatic carbocycles. The molecule has 2 rings (SSSR count). The van der Waals surface area contributed by atoms with Crippen molar-refractivity contribution in [2.45, 2.75) is 13.0 Å². The van der Waals surface area contributed by atoms with Crippen LogP contribution >= 0.6 is 23.2 Å². The number of carbonyl (C=O) groups is 1. The maximum Gasteiger partial charge on any atom is 0.241 e. The predicted molar refractivity (Wildman–Crippen MR) is 115 cm³/mol. The Kier molecular flexibility index (Phi) is 7.62. The minimum atomic E-state index is -3.79. The summed E-state index contributed by atoms with van der Waals surface area (Å²) in [6.07, 6.45) is 0.992. The average molecular weight is 461 g/mol. The van der Waals surface area contributed by atoms with E-state index >= 15 is 0 Å². The van der Waals surface area contributed by atoms with Gasteiger partial charge in [0.1, 0.15) is 18.0 Å². The van der Waals surface area contributed by atoms with E-state index < -0.39 is 28.5 Å². The molecule has 0 spiro atoms. The molecule has 0 aliphatic rings. The molecule has 1 N–H and O–H groups in total. The van der Waals surface area contributed by atoms with Crippen molar-refractivity contribution in [1.29, 1.82) is 0 Å². The van der Waals surface area contributed by atoms with Gasteiger partial charge in [-0.2, -0.15) is 0 Å². The SMILES string of the molecule is COc1ccc(OC)c(C(C)NC(=O)CN(c2cc(Cl)ccc2Cl)S(C)(=O)=O)c1. The Balaban J connectivity index is 2.26. The van der Waals surface area contributed by atoms with Crippen LogP contribution in [0.3, 0.4) is 0 Å². The number of amides is 1. The van der Waals surface area contributed by atoms with E-state index in [1.54, 1.807) is 25.1 Å². The van der Waals surface area contributed by atoms with Crippen LogP contribution in [0.5, 0.6) is 11.5 Å². The largest absolute Gasteiger partial charge is 0.497 e. The summed E-state index contributed by atoms with van der Waals surface area (Å²) in [6.45, 7) is 1.29. The number of ether oxygens (including phenoxy) is 2. The molecular formula is C19H22Cl2N2O5S. The Hall–Kier alpha value is -2.16. The van der Waals surface area contributed by atoms with Gasteiger partial charge in [-0.3, -0.25) is 9.10 Å². The predicted octanol–water partition coefficient (Wildman–Crippen LogP) is 3.65. The van der Waals surface area contributed by atoms with Crippen molar-refractivity contribution in [2.75, 3.05) is 31.3 Å². The normalized spacial score (nSPS) is 12.2. The molecule has 0 saturated heterocycles. The van der Waals surface area contributed by atoms with E-state index in [4.69, 9.17) is 32.7 Å². The van der Waals surface area contributed by atoms with Crippen molar-refractivity contribution in [3.05, 3.63) is 52.0 Å². The summed E-state index contributed by atoms with van der Waals surface area (Å²) in [5.74, 6) is 0.644. The number of rotatable bonds is 8. The van der Waals surface area contributed by atoms with Crippen LogP contribution in [0.1, 0.15) is 18.5 Å². The molecule has 2 aromatic carbocycles. The first-order valence-electron chi connectivity index (χ1n) is 8.51. The van der Waals surface area contributed by atoms with Crippen molar-refractivity contribution in [3.8, 4) is 11.5 Å². The molecule has 0 fully saturated rings. The Morgan fingerprint density at radius 2 is 1.83 bits per heavy atom. The van der Waals surface area contributed by atoms with Gasteiger partial charge in [0, 0.05) is 10.6 Å². The third-order valence-electron chi connectivity index (χ3n) is 4.15. The van der Waals surface area contributed by atoms with Gasteiger partial charge in [0.2, 0.25) is 15.9 Å². The number of halogens is 2. The number of methoxy groups -OCH3 is 2. The fourth-order valence-corrected chi connectivity index (χ4v) is 4.03. The molecule has 1 atom stereocenters. The van der Waals surface area contributed by atoms with Crippen LogP contribution in [0.4, 0.5) is 5.69 Å². The van der Waals surface area contributed by atoms with Crippen LogP contribution in [0.2, 0.25) is 10.0 Å². The second kappa shape index (κ2) is 9.56. The molecule has 158 valence electrons. The number of hydrogen-bond donors (Lipinski definition) is 1. The number of sulfonamides is 1. The highest BCUT2D eigenvalue weighted by Gasteiger charge is 2.25. The maximum absolute atomic E-state index is 12.6. The molecule has 1 unspecified atom stereocenters. The minimum absolute atomic E-state index is 0.128. The lowest BCUT2D eigenvalue weighted by Gasteiger charge is -2.24. The van der Waals surface area contributed by atoms with E-state index in [1.807, 2.05) is 0 Å². The maximum atomic E-state index is 12.6. The number of nitrogens with one attached hydrogen (secondary N) is 1. The monoisotopic (exact) mass is 460 g/mol. The molecule has 2 aromatic rings. The Morgan fingerprint density at radius 3 is 2.41 bits per heavy atom. The van der Waals surface area contributed by atoms with Crippen molar-refractivity contribution >= 4 is 44.8 Å². The van der Waals surface area contributed by atoms with Gasteiger partial charge < -0.3 is 14.8 Å². The number of nitrogens with zero attached hydrogens (tertiary/aromatic N) is 1. The zero-order valence-corrected chi connectivity index (χ0v) is 18.7. The zero-order valence-electron chi connectivity index (χ0n) is 16.4. The van der Waals surface area contributed by atoms with Crippen LogP contribution < -0.4 is 19.1 Å². The molecule has 1 amide bonds. The molecule has 0 aromatic heterocycles. The molecule has 7 nitrogen and oxygen atoms in total. The second-order valence-electron chi connectivity index (χ2n) is 6.26. The molecule has 0 radical (unpaired) electrons. The van der Waals surface area contributed by atoms with Crippen molar-refractivity contribution in [2.24, 2.45) is 0 Å². The Labute approximate surface area is 180 Å². The molecule has 0 aliphatic heterocycles. The number of hydrogen-bond acceptors (Lipinski definition) is 5. The van der Waals surface area contributed by atoms with E-state index in [0.29, 0.717) is 22.1 Å². The fourth-order valence-electron chi connectivity index (χ4n) is 2.73. The number of anilines is 1. The third kappa shape index (κ3) is 5.91. The van der Waals surface area contributed by atoms with E-state index in [1.165, 1.54) is 32.4 Å². The first-order chi connectivity index (χ1) is 13.6. The van der Waals surface area contributed by atoms with Crippen LogP contribution in [0, 0.1) is 0 Å². The van der Waals surface area contributed by atoms with Crippen LogP contribution in [-0.4, -0.2) is 41.3 Å². The molecule has 29 heavy (non-hydrogen) atoms. The summed E-state index contributed by atoms with van der Waals surface area (Å²) in [6, 6.07) is 9.14. The standard InChI is InChI=1S/C19H22Cl2N2O5S/c1-12(15-10-14(27-2)6-8-18(15)28-3)22-19(24)11-23(29(4,25)26)17-9-13(20)5-7-16(17)21/h5-10,12H,11H2,1-4H3,(H,22,24). The van der Waals surface area contributed by atoms with Gasteiger partial charge in [0.25, 0.3) is 0 Å². The van der Waals surface area contributed by atoms with Gasteiger partial charge in [-0.05, 0) is 43.3 Å². The minimum Gasteiger partial charge on any atom is -0.497 e. The smallest absolute Gasteiger partial charge is 0.241 e. The molecular weight excluding hydrogens is 439 g/mol. The highest BCUT2D eigenvalue weighted by molar-refractivity contribution is 7.92. The van der Waals surface area contributed by atoms with Crippen molar-refractivity contribution in [1.82, 2.24) is 5.32 Å². The van der Waals surface area contributed by atoms with Crippen LogP contribution in [-0.2, 0) is 14.8 Å². The van der Waals surface area contributed by atoms with Gasteiger partial charge in [0.15, 0.2) is 0 Å². The van der Waals surface area contributed by atoms with Crippen LogP contribution in [0.25, 0.3) is 0 Å². The average Bonchev–Trinajstić information content (AvgIpc) is 2.66. The van der Waals surface area contributed by atoms with Gasteiger partial charge in [-0.15, -0.1) is 0 Å². The summed E-state index contributed by atoms with van der Waals surface area (Å²) >= 11 is 12.1. The molecule has 0 saturated carbocycles. The molecule has 0 bridgehead atoms. The lowest BCUT2D eigenvalue weighted by atomic mass is 10.1. The summed E-state index contributed by atoms with van der Waals surface area (Å²) in [4.78, 5) is 12.6. The molecule has 0 heterocycles. The summed E-state index contributed by atoms with van der Waals surface area (Å²) in [5, 5.41) is 3.23. The van der Waals surface area contributed by atoms with Crippen molar-refractivity contribution in [3.63, 3.8) is 0 Å². The fraction of sp³-hybridized carbons (Fsp3) is 0.316. The lowest BCUT2D eigenvalue weighted by molar-refractivity contribution is -0.120. The summed E-state index contributed by atoms with van der Waals surface area (Å²) in [7, 11) is -0.736. The Morgan fingerprint density at radius 1 is 1.14 bits per heavy atom. The van der Waals surface area contributed by atoms with E-state index in [-0.39, 0.29) is 10.7 Å². The van der Waals surface area contributed by atoms with Gasteiger partial charge in [0.05, 0.1) is 37.2 Å². The van der Waals surface area contributed by atoms with E-state index in [9.17, 15) is 13.2 Å². The van der Waals surface area contributed by atoms with Gasteiger partial charge in [-0.1, -0.05) is 23.2 Å². The highest BCUT2D eigenvalue weighted by Crippen LogP contribution is 2.31. The first kappa shape index (κ1) is 23.1. The highest BCUT2D eigenvalue weighted by atomic mass is 35.5. The number of carbonyl (C=O) groups excluding carboxylic acids is 1. The van der Waals surface area contributed by atoms with Crippen LogP contribution in [0.15, 0.2) is 36.4 Å². The zero-order chi connectivity index (χ0) is 21.8. The second-order valence-corrected chi connectivity index (χ2v) is 9.01. The Bertz CT molecular complexity index is 998. The summed E-state index contributed by atoms with van der Waals surface area (Å²) < 4.78 is 36.0. The molecule has 10 heteroatoms. The van der Waals surface area contributed by atoms with E-state index in [0.717, 1.165) is 10.6 Å². The summed E-state index contributed by atoms with van der Waals surface area (Å²) in [5.41, 5.74) is 0.815. The third-order valence-corrected chi connectivity index (χ3v) is 5.83. The topological polar surface area (TPSA) is 84.9 Å². The number of benzene rings is 2. The lowest BCUT2D eigenvalue weighted by Crippen LogP contribution is -2.41. The van der Waals surface area contributed by atoms with Gasteiger partial charge >= 0.3 is 0 Å². The first-order valence-corrected chi connectivity index (χ1v) is 11.1. The van der Waals surface area contributed by atoms with Crippen molar-refractivity contribution < 1.29 is 22.7 Å². The van der Waals surface area contributed by atoms with Gasteiger partial charge in [-0.25, -0.2) is 8.42 Å². The quantitative estimate of drug-likeness (QED) is 0.649. The van der Waals surface area contributed by atoms with E-state index in [2.05, 4.69) is 5.32 Å².